The van der Waals surface area contributed by atoms with Gasteiger partial charge in [-0.1, -0.05) is 52.2 Å². The van der Waals surface area contributed by atoms with Crippen LogP contribution in [0.3, 0.4) is 0 Å². The third-order valence-electron chi connectivity index (χ3n) is 3.18. The quantitative estimate of drug-likeness (QED) is 0.398. The summed E-state index contributed by atoms with van der Waals surface area (Å²) in [5, 5.41) is 7.76. The molecule has 3 aromatic rings. The minimum atomic E-state index is -0.391. The summed E-state index contributed by atoms with van der Waals surface area (Å²) in [7, 11) is 0. The molecule has 9 heteroatoms. The van der Waals surface area contributed by atoms with Crippen molar-refractivity contribution in [3.63, 3.8) is 0 Å². The van der Waals surface area contributed by atoms with E-state index in [-0.39, 0.29) is 5.11 Å². The van der Waals surface area contributed by atoms with E-state index in [0.717, 1.165) is 10.2 Å². The lowest BCUT2D eigenvalue weighted by atomic mass is 10.2. The van der Waals surface area contributed by atoms with E-state index in [2.05, 4.69) is 15.6 Å². The van der Waals surface area contributed by atoms with E-state index in [1.165, 1.54) is 17.4 Å². The van der Waals surface area contributed by atoms with Crippen LogP contribution in [0.15, 0.2) is 42.5 Å². The molecule has 1 heterocycles. The highest BCUT2D eigenvalue weighted by molar-refractivity contribution is 7.80. The van der Waals surface area contributed by atoms with Crippen LogP contribution in [0.25, 0.3) is 16.3 Å². The molecule has 0 atom stereocenters. The SMILES string of the molecule is O=C(/C=C/c1ccc(Cl)cc1Cl)NC(=S)Nc1nc2ccc(Cl)cc2s1. The smallest absolute Gasteiger partial charge is 0.250 e. The lowest BCUT2D eigenvalue weighted by Gasteiger charge is -2.04. The minimum absolute atomic E-state index is 0.145. The molecule has 0 aliphatic carbocycles. The summed E-state index contributed by atoms with van der Waals surface area (Å²) in [6.45, 7) is 0. The molecule has 1 aromatic heterocycles. The van der Waals surface area contributed by atoms with Gasteiger partial charge >= 0.3 is 0 Å². The first-order valence-electron chi connectivity index (χ1n) is 7.22. The maximum absolute atomic E-state index is 12.0. The van der Waals surface area contributed by atoms with Gasteiger partial charge in [-0.05, 0) is 54.2 Å². The molecule has 3 rings (SSSR count). The van der Waals surface area contributed by atoms with E-state index >= 15 is 0 Å². The van der Waals surface area contributed by atoms with Crippen molar-refractivity contribution in [2.45, 2.75) is 0 Å². The van der Waals surface area contributed by atoms with Crippen LogP contribution >= 0.6 is 58.4 Å². The third-order valence-corrected chi connectivity index (χ3v) is 5.12. The molecule has 0 aliphatic heterocycles. The zero-order valence-electron chi connectivity index (χ0n) is 12.9. The summed E-state index contributed by atoms with van der Waals surface area (Å²) in [6, 6.07) is 10.4. The first kappa shape index (κ1) is 19.1. The highest BCUT2D eigenvalue weighted by Gasteiger charge is 2.07. The lowest BCUT2D eigenvalue weighted by Crippen LogP contribution is -2.32. The van der Waals surface area contributed by atoms with Crippen LogP contribution < -0.4 is 10.6 Å². The summed E-state index contributed by atoms with van der Waals surface area (Å²) in [5.41, 5.74) is 1.47. The van der Waals surface area contributed by atoms with Crippen LogP contribution in [-0.4, -0.2) is 16.0 Å². The van der Waals surface area contributed by atoms with E-state index < -0.39 is 5.91 Å². The Kier molecular flexibility index (Phi) is 6.11. The molecule has 26 heavy (non-hydrogen) atoms. The van der Waals surface area contributed by atoms with Crippen LogP contribution in [0.5, 0.6) is 0 Å². The van der Waals surface area contributed by atoms with Gasteiger partial charge in [-0.15, -0.1) is 0 Å². The first-order chi connectivity index (χ1) is 12.4. The Morgan fingerprint density at radius 3 is 2.62 bits per heavy atom. The predicted molar refractivity (Wildman–Crippen MR) is 114 cm³/mol. The number of benzene rings is 2. The van der Waals surface area contributed by atoms with Crippen molar-refractivity contribution in [1.29, 1.82) is 0 Å². The molecule has 2 aromatic carbocycles. The second-order valence-corrected chi connectivity index (χ2v) is 7.79. The van der Waals surface area contributed by atoms with Crippen LogP contribution in [0.4, 0.5) is 5.13 Å². The molecule has 1 amide bonds. The van der Waals surface area contributed by atoms with Crippen molar-refractivity contribution < 1.29 is 4.79 Å². The van der Waals surface area contributed by atoms with Gasteiger partial charge in [0.1, 0.15) is 0 Å². The Bertz CT molecular complexity index is 1030. The van der Waals surface area contributed by atoms with Crippen molar-refractivity contribution in [3.05, 3.63) is 63.1 Å². The Labute approximate surface area is 173 Å². The second kappa shape index (κ2) is 8.33. The van der Waals surface area contributed by atoms with Gasteiger partial charge in [-0.2, -0.15) is 0 Å². The molecule has 4 nitrogen and oxygen atoms in total. The molecule has 0 fully saturated rings. The number of carbonyl (C=O) groups is 1. The second-order valence-electron chi connectivity index (χ2n) is 5.07. The number of hydrogen-bond acceptors (Lipinski definition) is 4. The largest absolute Gasteiger partial charge is 0.308 e. The molecular weight excluding hydrogens is 433 g/mol. The Hall–Kier alpha value is -1.70. The highest BCUT2D eigenvalue weighted by atomic mass is 35.5. The number of fused-ring (bicyclic) bond motifs is 1. The zero-order valence-corrected chi connectivity index (χ0v) is 16.8. The Morgan fingerprint density at radius 2 is 1.85 bits per heavy atom. The fourth-order valence-electron chi connectivity index (χ4n) is 2.04. The normalized spacial score (nSPS) is 11.0. The molecule has 2 N–H and O–H groups in total. The summed E-state index contributed by atoms with van der Waals surface area (Å²) in [4.78, 5) is 16.4. The number of carbonyl (C=O) groups excluding carboxylic acids is 1. The number of hydrogen-bond donors (Lipinski definition) is 2. The predicted octanol–water partition coefficient (Wildman–Crippen LogP) is 5.78. The summed E-state index contributed by atoms with van der Waals surface area (Å²) in [5.74, 6) is -0.391. The molecule has 0 unspecified atom stereocenters. The van der Waals surface area contributed by atoms with Crippen molar-refractivity contribution in [3.8, 4) is 0 Å². The van der Waals surface area contributed by atoms with Gasteiger partial charge in [0.25, 0.3) is 0 Å². The van der Waals surface area contributed by atoms with Crippen molar-refractivity contribution in [2.75, 3.05) is 5.32 Å². The number of thiocarbonyl (C=S) groups is 1. The van der Waals surface area contributed by atoms with E-state index in [4.69, 9.17) is 47.0 Å². The topological polar surface area (TPSA) is 54.0 Å². The van der Waals surface area contributed by atoms with Gasteiger partial charge in [0.05, 0.1) is 10.2 Å². The number of aromatic nitrogens is 1. The van der Waals surface area contributed by atoms with Gasteiger partial charge in [0.15, 0.2) is 10.2 Å². The van der Waals surface area contributed by atoms with Gasteiger partial charge in [-0.25, -0.2) is 4.98 Å². The standard InChI is InChI=1S/C17H10Cl3N3OS2/c18-10-3-1-9(12(20)7-10)2-6-15(24)22-16(25)23-17-21-13-5-4-11(19)8-14(13)26-17/h1-8H,(H2,21,22,23,24,25)/b6-2+. The molecule has 0 saturated heterocycles. The number of nitrogens with one attached hydrogen (secondary N) is 2. The Balaban J connectivity index is 1.61. The number of thiazole rings is 1. The fraction of sp³-hybridized carbons (Fsp3) is 0. The van der Waals surface area contributed by atoms with Crippen molar-refractivity contribution in [1.82, 2.24) is 10.3 Å². The number of halogens is 3. The van der Waals surface area contributed by atoms with Gasteiger partial charge in [-0.3, -0.25) is 10.1 Å². The van der Waals surface area contributed by atoms with E-state index in [9.17, 15) is 4.79 Å². The molecule has 0 saturated carbocycles. The van der Waals surface area contributed by atoms with Gasteiger partial charge in [0.2, 0.25) is 5.91 Å². The highest BCUT2D eigenvalue weighted by Crippen LogP contribution is 2.28. The first-order valence-corrected chi connectivity index (χ1v) is 9.58. The van der Waals surface area contributed by atoms with E-state index in [0.29, 0.717) is 25.8 Å². The lowest BCUT2D eigenvalue weighted by molar-refractivity contribution is -0.115. The average molecular weight is 443 g/mol. The number of amides is 1. The van der Waals surface area contributed by atoms with Crippen molar-refractivity contribution >= 4 is 90.8 Å². The zero-order chi connectivity index (χ0) is 18.7. The molecule has 0 aliphatic rings. The summed E-state index contributed by atoms with van der Waals surface area (Å²) >= 11 is 24.4. The summed E-state index contributed by atoms with van der Waals surface area (Å²) < 4.78 is 0.923. The fourth-order valence-corrected chi connectivity index (χ4v) is 3.92. The number of anilines is 1. The summed E-state index contributed by atoms with van der Waals surface area (Å²) in [6.07, 6.45) is 2.91. The molecule has 0 spiro atoms. The van der Waals surface area contributed by atoms with Gasteiger partial charge < -0.3 is 5.32 Å². The molecular formula is C17H10Cl3N3OS2. The minimum Gasteiger partial charge on any atom is -0.308 e. The Morgan fingerprint density at radius 1 is 1.12 bits per heavy atom. The molecule has 0 bridgehead atoms. The third kappa shape index (κ3) is 4.93. The number of rotatable bonds is 3. The van der Waals surface area contributed by atoms with Crippen LogP contribution in [0.2, 0.25) is 15.1 Å². The maximum Gasteiger partial charge on any atom is 0.250 e. The van der Waals surface area contributed by atoms with Gasteiger partial charge in [0, 0.05) is 21.1 Å². The monoisotopic (exact) mass is 441 g/mol. The van der Waals surface area contributed by atoms with E-state index in [1.54, 1.807) is 30.3 Å². The van der Waals surface area contributed by atoms with Crippen LogP contribution in [0, 0.1) is 0 Å². The number of nitrogens with zero attached hydrogens (tertiary/aromatic N) is 1. The van der Waals surface area contributed by atoms with Crippen molar-refractivity contribution in [2.24, 2.45) is 0 Å². The van der Waals surface area contributed by atoms with Crippen LogP contribution in [-0.2, 0) is 4.79 Å². The molecule has 132 valence electrons. The molecule has 0 radical (unpaired) electrons. The average Bonchev–Trinajstić information content (AvgIpc) is 2.95. The maximum atomic E-state index is 12.0. The van der Waals surface area contributed by atoms with E-state index in [1.807, 2.05) is 12.1 Å². The van der Waals surface area contributed by atoms with Crippen LogP contribution in [0.1, 0.15) is 5.56 Å².